The second-order valence-corrected chi connectivity index (χ2v) is 4.14. The Morgan fingerprint density at radius 1 is 1.41 bits per heavy atom. The average Bonchev–Trinajstić information content (AvgIpc) is 2.23. The summed E-state index contributed by atoms with van der Waals surface area (Å²) in [6.07, 6.45) is -1.68. The van der Waals surface area contributed by atoms with Crippen LogP contribution >= 0.6 is 15.9 Å². The summed E-state index contributed by atoms with van der Waals surface area (Å²) < 4.78 is 13.4. The van der Waals surface area contributed by atoms with Crippen LogP contribution in [-0.4, -0.2) is 34.7 Å². The van der Waals surface area contributed by atoms with Crippen LogP contribution in [-0.2, 0) is 4.79 Å². The second-order valence-electron chi connectivity index (χ2n) is 3.22. The molecule has 0 heterocycles. The van der Waals surface area contributed by atoms with Crippen molar-refractivity contribution < 1.29 is 24.2 Å². The first kappa shape index (κ1) is 13.6. The van der Waals surface area contributed by atoms with E-state index < -0.39 is 30.3 Å². The predicted octanol–water partition coefficient (Wildman–Crippen LogP) is 0.764. The number of carbonyl (C=O) groups is 2. The summed E-state index contributed by atoms with van der Waals surface area (Å²) in [5, 5.41) is 19.5. The van der Waals surface area contributed by atoms with Crippen LogP contribution in [0.25, 0.3) is 0 Å². The summed E-state index contributed by atoms with van der Waals surface area (Å²) in [6.45, 7) is -0.442. The standard InChI is InChI=1S/C10H9BrFNO4/c11-6-1-5(2-7(12)3-6)9(15)13-4-8(14)10(16)17/h1-3,8,14H,4H2,(H,13,15)(H,16,17)/t8-/m0/s1. The molecular formula is C10H9BrFNO4. The Balaban J connectivity index is 2.67. The first-order valence-electron chi connectivity index (χ1n) is 4.55. The molecule has 0 unspecified atom stereocenters. The Bertz CT molecular complexity index is 432. The number of carboxylic acid groups (broad SMARTS) is 1. The summed E-state index contributed by atoms with van der Waals surface area (Å²) in [7, 11) is 0. The van der Waals surface area contributed by atoms with Gasteiger partial charge in [-0.15, -0.1) is 0 Å². The molecule has 3 N–H and O–H groups in total. The summed E-state index contributed by atoms with van der Waals surface area (Å²) in [5.41, 5.74) is 0.0365. The molecule has 0 saturated carbocycles. The lowest BCUT2D eigenvalue weighted by Crippen LogP contribution is -2.36. The van der Waals surface area contributed by atoms with Gasteiger partial charge in [0.05, 0.1) is 6.54 Å². The van der Waals surface area contributed by atoms with E-state index in [9.17, 15) is 14.0 Å². The molecule has 1 aromatic rings. The monoisotopic (exact) mass is 305 g/mol. The molecule has 5 nitrogen and oxygen atoms in total. The predicted molar refractivity (Wildman–Crippen MR) is 60.1 cm³/mol. The van der Waals surface area contributed by atoms with Crippen LogP contribution in [0, 0.1) is 5.82 Å². The molecule has 17 heavy (non-hydrogen) atoms. The minimum Gasteiger partial charge on any atom is -0.479 e. The molecule has 0 spiro atoms. The minimum absolute atomic E-state index is 0.0365. The van der Waals surface area contributed by atoms with Crippen molar-refractivity contribution in [1.82, 2.24) is 5.32 Å². The van der Waals surface area contributed by atoms with E-state index in [1.54, 1.807) is 0 Å². The van der Waals surface area contributed by atoms with E-state index in [2.05, 4.69) is 21.2 Å². The number of aliphatic hydroxyl groups is 1. The van der Waals surface area contributed by atoms with E-state index in [0.717, 1.165) is 6.07 Å². The van der Waals surface area contributed by atoms with Gasteiger partial charge in [-0.3, -0.25) is 4.79 Å². The molecule has 7 heteroatoms. The molecule has 1 rings (SSSR count). The van der Waals surface area contributed by atoms with Gasteiger partial charge in [-0.2, -0.15) is 0 Å². The average molecular weight is 306 g/mol. The van der Waals surface area contributed by atoms with E-state index in [-0.39, 0.29) is 5.56 Å². The number of rotatable bonds is 4. The molecule has 0 aliphatic carbocycles. The van der Waals surface area contributed by atoms with Gasteiger partial charge in [0.1, 0.15) is 5.82 Å². The maximum Gasteiger partial charge on any atom is 0.334 e. The maximum absolute atomic E-state index is 13.0. The highest BCUT2D eigenvalue weighted by Crippen LogP contribution is 2.14. The van der Waals surface area contributed by atoms with E-state index in [4.69, 9.17) is 10.2 Å². The van der Waals surface area contributed by atoms with E-state index in [1.807, 2.05) is 0 Å². The summed E-state index contributed by atoms with van der Waals surface area (Å²) >= 11 is 3.02. The summed E-state index contributed by atoms with van der Waals surface area (Å²) in [4.78, 5) is 21.8. The van der Waals surface area contributed by atoms with Crippen molar-refractivity contribution >= 4 is 27.8 Å². The van der Waals surface area contributed by atoms with Gasteiger partial charge < -0.3 is 15.5 Å². The van der Waals surface area contributed by atoms with Crippen LogP contribution in [0.2, 0.25) is 0 Å². The third kappa shape index (κ3) is 4.12. The minimum atomic E-state index is -1.68. The van der Waals surface area contributed by atoms with Crippen molar-refractivity contribution in [3.8, 4) is 0 Å². The lowest BCUT2D eigenvalue weighted by Gasteiger charge is -2.08. The van der Waals surface area contributed by atoms with Gasteiger partial charge in [0, 0.05) is 10.0 Å². The van der Waals surface area contributed by atoms with Crippen molar-refractivity contribution in [3.63, 3.8) is 0 Å². The third-order valence-electron chi connectivity index (χ3n) is 1.87. The van der Waals surface area contributed by atoms with Crippen LogP contribution in [0.15, 0.2) is 22.7 Å². The zero-order valence-corrected chi connectivity index (χ0v) is 10.1. The Morgan fingerprint density at radius 3 is 2.59 bits per heavy atom. The quantitative estimate of drug-likeness (QED) is 0.766. The Labute approximate surface area is 104 Å². The number of carbonyl (C=O) groups excluding carboxylic acids is 1. The second kappa shape index (κ2) is 5.74. The first-order valence-corrected chi connectivity index (χ1v) is 5.34. The van der Waals surface area contributed by atoms with Gasteiger partial charge >= 0.3 is 5.97 Å². The Morgan fingerprint density at radius 2 is 2.06 bits per heavy atom. The summed E-state index contributed by atoms with van der Waals surface area (Å²) in [6, 6.07) is 3.57. The fourth-order valence-electron chi connectivity index (χ4n) is 1.06. The van der Waals surface area contributed by atoms with Gasteiger partial charge in [-0.05, 0) is 18.2 Å². The normalized spacial score (nSPS) is 11.9. The van der Waals surface area contributed by atoms with Crippen LogP contribution in [0.1, 0.15) is 10.4 Å². The van der Waals surface area contributed by atoms with Crippen molar-refractivity contribution in [2.24, 2.45) is 0 Å². The zero-order valence-electron chi connectivity index (χ0n) is 8.48. The van der Waals surface area contributed by atoms with Gasteiger partial charge in [0.15, 0.2) is 6.10 Å². The highest BCUT2D eigenvalue weighted by atomic mass is 79.9. The lowest BCUT2D eigenvalue weighted by atomic mass is 10.2. The molecular weight excluding hydrogens is 297 g/mol. The van der Waals surface area contributed by atoms with E-state index >= 15 is 0 Å². The van der Waals surface area contributed by atoms with Crippen molar-refractivity contribution in [1.29, 1.82) is 0 Å². The molecule has 92 valence electrons. The lowest BCUT2D eigenvalue weighted by molar-refractivity contribution is -0.146. The van der Waals surface area contributed by atoms with Crippen LogP contribution in [0.3, 0.4) is 0 Å². The van der Waals surface area contributed by atoms with E-state index in [1.165, 1.54) is 12.1 Å². The van der Waals surface area contributed by atoms with Crippen LogP contribution < -0.4 is 5.32 Å². The zero-order chi connectivity index (χ0) is 13.0. The Hall–Kier alpha value is -1.47. The number of aliphatic carboxylic acids is 1. The molecule has 0 radical (unpaired) electrons. The number of hydrogen-bond donors (Lipinski definition) is 3. The molecule has 0 aliphatic rings. The molecule has 1 amide bonds. The van der Waals surface area contributed by atoms with Gasteiger partial charge in [-0.1, -0.05) is 15.9 Å². The first-order chi connectivity index (χ1) is 7.90. The smallest absolute Gasteiger partial charge is 0.334 e. The highest BCUT2D eigenvalue weighted by molar-refractivity contribution is 9.10. The largest absolute Gasteiger partial charge is 0.479 e. The molecule has 0 aromatic heterocycles. The molecule has 1 atom stereocenters. The van der Waals surface area contributed by atoms with Crippen molar-refractivity contribution in [2.45, 2.75) is 6.10 Å². The van der Waals surface area contributed by atoms with Crippen LogP contribution in [0.4, 0.5) is 4.39 Å². The molecule has 0 aliphatic heterocycles. The van der Waals surface area contributed by atoms with E-state index in [0.29, 0.717) is 4.47 Å². The Kier molecular flexibility index (Phi) is 4.59. The number of halogens is 2. The number of hydrogen-bond acceptors (Lipinski definition) is 3. The maximum atomic E-state index is 13.0. The molecule has 0 fully saturated rings. The highest BCUT2D eigenvalue weighted by Gasteiger charge is 2.15. The number of nitrogens with one attached hydrogen (secondary N) is 1. The fraction of sp³-hybridized carbons (Fsp3) is 0.200. The topological polar surface area (TPSA) is 86.6 Å². The molecule has 0 saturated heterocycles. The SMILES string of the molecule is O=C(NC[C@H](O)C(=O)O)c1cc(F)cc(Br)c1. The third-order valence-corrected chi connectivity index (χ3v) is 2.32. The van der Waals surface area contributed by atoms with Gasteiger partial charge in [0.2, 0.25) is 0 Å². The van der Waals surface area contributed by atoms with Crippen molar-refractivity contribution in [3.05, 3.63) is 34.1 Å². The van der Waals surface area contributed by atoms with Gasteiger partial charge in [0.25, 0.3) is 5.91 Å². The molecule has 1 aromatic carbocycles. The van der Waals surface area contributed by atoms with Crippen molar-refractivity contribution in [2.75, 3.05) is 6.54 Å². The van der Waals surface area contributed by atoms with Gasteiger partial charge in [-0.25, -0.2) is 9.18 Å². The number of aliphatic hydroxyl groups excluding tert-OH is 1. The van der Waals surface area contributed by atoms with Crippen LogP contribution in [0.5, 0.6) is 0 Å². The number of amides is 1. The summed E-state index contributed by atoms with van der Waals surface area (Å²) in [5.74, 6) is -2.69. The number of benzene rings is 1. The number of carboxylic acids is 1. The fourth-order valence-corrected chi connectivity index (χ4v) is 1.53. The molecule has 0 bridgehead atoms.